The lowest BCUT2D eigenvalue weighted by Gasteiger charge is -2.31. The second-order valence-corrected chi connectivity index (χ2v) is 9.05. The van der Waals surface area contributed by atoms with Crippen molar-refractivity contribution in [1.29, 1.82) is 0 Å². The summed E-state index contributed by atoms with van der Waals surface area (Å²) < 4.78 is 46.2. The first-order chi connectivity index (χ1) is 12.4. The minimum atomic E-state index is -3.33. The second-order valence-electron chi connectivity index (χ2n) is 6.18. The third-order valence-corrected chi connectivity index (χ3v) is 6.67. The number of sulfonamides is 1. The summed E-state index contributed by atoms with van der Waals surface area (Å²) in [5, 5.41) is 0. The van der Waals surface area contributed by atoms with Gasteiger partial charge in [-0.15, -0.1) is 0 Å². The standard InChI is InChI=1S/C19H20BrFNO3S/c20-18-14-16(21)6-7-19(18)25-17-8-11-22(12-9-17)26(23,24)13-10-15-4-2-1-3-5-15/h1-7,10,14,17H,8-9,11-13H2. The highest BCUT2D eigenvalue weighted by Gasteiger charge is 2.29. The number of nitrogens with zero attached hydrogens (tertiary/aromatic N) is 1. The average Bonchev–Trinajstić information content (AvgIpc) is 2.64. The average molecular weight is 441 g/mol. The first kappa shape index (κ1) is 19.3. The number of rotatable bonds is 6. The summed E-state index contributed by atoms with van der Waals surface area (Å²) in [5.74, 6) is 0.233. The molecule has 0 aliphatic carbocycles. The van der Waals surface area contributed by atoms with Gasteiger partial charge in [0.1, 0.15) is 17.7 Å². The monoisotopic (exact) mass is 440 g/mol. The molecule has 2 aromatic rings. The van der Waals surface area contributed by atoms with Gasteiger partial charge in [0.25, 0.3) is 0 Å². The minimum Gasteiger partial charge on any atom is -0.489 e. The summed E-state index contributed by atoms with van der Waals surface area (Å²) in [6.45, 7) is 0.850. The van der Waals surface area contributed by atoms with Crippen molar-refractivity contribution in [2.75, 3.05) is 18.8 Å². The van der Waals surface area contributed by atoms with Gasteiger partial charge in [-0.25, -0.2) is 17.1 Å². The van der Waals surface area contributed by atoms with Crippen LogP contribution in [0.25, 0.3) is 0 Å². The van der Waals surface area contributed by atoms with Crippen molar-refractivity contribution in [2.45, 2.75) is 18.9 Å². The molecule has 3 rings (SSSR count). The van der Waals surface area contributed by atoms with Crippen LogP contribution in [0.3, 0.4) is 0 Å². The maximum atomic E-state index is 13.1. The first-order valence-corrected chi connectivity index (χ1v) is 10.8. The predicted octanol–water partition coefficient (Wildman–Crippen LogP) is 4.01. The first-order valence-electron chi connectivity index (χ1n) is 8.42. The molecule has 0 unspecified atom stereocenters. The Labute approximate surface area is 162 Å². The molecule has 4 nitrogen and oxygen atoms in total. The highest BCUT2D eigenvalue weighted by molar-refractivity contribution is 9.10. The van der Waals surface area contributed by atoms with Crippen molar-refractivity contribution in [3.63, 3.8) is 0 Å². The third-order valence-electron chi connectivity index (χ3n) is 4.31. The summed E-state index contributed by atoms with van der Waals surface area (Å²) in [4.78, 5) is 0. The highest BCUT2D eigenvalue weighted by Crippen LogP contribution is 2.28. The topological polar surface area (TPSA) is 46.6 Å². The summed E-state index contributed by atoms with van der Waals surface area (Å²) in [5.41, 5.74) is 0.899. The number of hydrogen-bond donors (Lipinski definition) is 0. The van der Waals surface area contributed by atoms with Crippen LogP contribution in [0, 0.1) is 12.2 Å². The molecule has 1 radical (unpaired) electrons. The van der Waals surface area contributed by atoms with Crippen molar-refractivity contribution in [3.8, 4) is 5.75 Å². The molecule has 1 heterocycles. The number of ether oxygens (including phenoxy) is 1. The normalized spacial score (nSPS) is 16.5. The predicted molar refractivity (Wildman–Crippen MR) is 103 cm³/mol. The van der Waals surface area contributed by atoms with Crippen LogP contribution in [0.4, 0.5) is 4.39 Å². The van der Waals surface area contributed by atoms with Crippen molar-refractivity contribution in [3.05, 3.63) is 70.8 Å². The van der Waals surface area contributed by atoms with Crippen LogP contribution >= 0.6 is 15.9 Å². The van der Waals surface area contributed by atoms with E-state index in [0.29, 0.717) is 36.2 Å². The Morgan fingerprint density at radius 1 is 1.15 bits per heavy atom. The Balaban J connectivity index is 1.52. The Kier molecular flexibility index (Phi) is 6.32. The zero-order chi connectivity index (χ0) is 18.6. The molecule has 139 valence electrons. The van der Waals surface area contributed by atoms with Gasteiger partial charge >= 0.3 is 0 Å². The fraction of sp³-hybridized carbons (Fsp3) is 0.316. The summed E-state index contributed by atoms with van der Waals surface area (Å²) >= 11 is 3.28. The molecule has 0 bridgehead atoms. The van der Waals surface area contributed by atoms with Crippen LogP contribution in [-0.2, 0) is 10.0 Å². The van der Waals surface area contributed by atoms with E-state index in [4.69, 9.17) is 4.74 Å². The second kappa shape index (κ2) is 8.50. The van der Waals surface area contributed by atoms with Gasteiger partial charge in [-0.05, 0) is 52.5 Å². The molecule has 0 saturated carbocycles. The van der Waals surface area contributed by atoms with Crippen LogP contribution in [0.15, 0.2) is 53.0 Å². The maximum absolute atomic E-state index is 13.1. The molecule has 26 heavy (non-hydrogen) atoms. The maximum Gasteiger partial charge on any atom is 0.214 e. The fourth-order valence-corrected chi connectivity index (χ4v) is 4.70. The smallest absolute Gasteiger partial charge is 0.214 e. The van der Waals surface area contributed by atoms with Crippen LogP contribution in [0.2, 0.25) is 0 Å². The molecule has 0 aromatic heterocycles. The molecule has 0 spiro atoms. The lowest BCUT2D eigenvalue weighted by molar-refractivity contribution is 0.134. The van der Waals surface area contributed by atoms with Gasteiger partial charge in [0, 0.05) is 19.5 Å². The fourth-order valence-electron chi connectivity index (χ4n) is 2.87. The van der Waals surface area contributed by atoms with Crippen molar-refractivity contribution in [2.24, 2.45) is 0 Å². The number of hydrogen-bond acceptors (Lipinski definition) is 3. The van der Waals surface area contributed by atoms with Gasteiger partial charge in [0.15, 0.2) is 0 Å². The number of piperidine rings is 1. The van der Waals surface area contributed by atoms with Crippen molar-refractivity contribution >= 4 is 26.0 Å². The molecule has 1 saturated heterocycles. The number of halogens is 2. The van der Waals surface area contributed by atoms with Crippen LogP contribution in [0.5, 0.6) is 5.75 Å². The van der Waals surface area contributed by atoms with E-state index in [2.05, 4.69) is 15.9 Å². The van der Waals surface area contributed by atoms with Gasteiger partial charge in [0.2, 0.25) is 10.0 Å². The lowest BCUT2D eigenvalue weighted by atomic mass is 10.1. The summed E-state index contributed by atoms with van der Waals surface area (Å²) in [7, 11) is -3.33. The van der Waals surface area contributed by atoms with E-state index < -0.39 is 10.0 Å². The molecule has 0 N–H and O–H groups in total. The van der Waals surface area contributed by atoms with Gasteiger partial charge in [-0.1, -0.05) is 30.3 Å². The minimum absolute atomic E-state index is 0.00789. The molecular weight excluding hydrogens is 421 g/mol. The van der Waals surface area contributed by atoms with E-state index in [9.17, 15) is 12.8 Å². The quantitative estimate of drug-likeness (QED) is 0.681. The Morgan fingerprint density at radius 3 is 2.50 bits per heavy atom. The van der Waals surface area contributed by atoms with E-state index in [1.54, 1.807) is 12.5 Å². The van der Waals surface area contributed by atoms with Crippen LogP contribution in [-0.4, -0.2) is 37.7 Å². The molecule has 2 aromatic carbocycles. The van der Waals surface area contributed by atoms with E-state index in [0.717, 1.165) is 5.56 Å². The van der Waals surface area contributed by atoms with Gasteiger partial charge in [-0.2, -0.15) is 0 Å². The van der Waals surface area contributed by atoms with Crippen molar-refractivity contribution < 1.29 is 17.5 Å². The van der Waals surface area contributed by atoms with Crippen LogP contribution < -0.4 is 4.74 Å². The van der Waals surface area contributed by atoms with E-state index in [1.807, 2.05) is 30.3 Å². The zero-order valence-corrected chi connectivity index (χ0v) is 16.5. The SMILES string of the molecule is O=S(=O)(C[CH]c1ccccc1)N1CCC(Oc2ccc(F)cc2Br)CC1. The van der Waals surface area contributed by atoms with E-state index in [-0.39, 0.29) is 17.7 Å². The largest absolute Gasteiger partial charge is 0.489 e. The Morgan fingerprint density at radius 2 is 1.85 bits per heavy atom. The van der Waals surface area contributed by atoms with E-state index >= 15 is 0 Å². The molecule has 1 fully saturated rings. The van der Waals surface area contributed by atoms with Crippen LogP contribution in [0.1, 0.15) is 18.4 Å². The molecule has 0 amide bonds. The van der Waals surface area contributed by atoms with Gasteiger partial charge in [-0.3, -0.25) is 0 Å². The molecule has 1 aliphatic rings. The highest BCUT2D eigenvalue weighted by atomic mass is 79.9. The zero-order valence-electron chi connectivity index (χ0n) is 14.1. The molecular formula is C19H20BrFNO3S. The third kappa shape index (κ3) is 5.05. The molecule has 1 aliphatic heterocycles. The van der Waals surface area contributed by atoms with Gasteiger partial charge in [0.05, 0.1) is 10.2 Å². The Bertz CT molecular complexity index is 837. The Hall–Kier alpha value is -1.44. The summed E-state index contributed by atoms with van der Waals surface area (Å²) in [6.07, 6.45) is 2.86. The molecule has 7 heteroatoms. The molecule has 0 atom stereocenters. The summed E-state index contributed by atoms with van der Waals surface area (Å²) in [6, 6.07) is 13.7. The lowest BCUT2D eigenvalue weighted by Crippen LogP contribution is -2.42. The van der Waals surface area contributed by atoms with E-state index in [1.165, 1.54) is 16.4 Å². The number of benzene rings is 2. The van der Waals surface area contributed by atoms with Crippen molar-refractivity contribution in [1.82, 2.24) is 4.31 Å². The van der Waals surface area contributed by atoms with Gasteiger partial charge < -0.3 is 4.74 Å².